The number of nitrogens with one attached hydrogen (secondary N) is 4. The summed E-state index contributed by atoms with van der Waals surface area (Å²) in [6.07, 6.45) is 0.0208. The molecule has 4 N–H and O–H groups in total. The van der Waals surface area contributed by atoms with Crippen LogP contribution in [-0.2, 0) is 25.5 Å². The Morgan fingerprint density at radius 1 is 0.949 bits per heavy atom. The van der Waals surface area contributed by atoms with E-state index in [1.807, 2.05) is 32.9 Å². The quantitative estimate of drug-likeness (QED) is 0.231. The first-order chi connectivity index (χ1) is 18.3. The number of rotatable bonds is 15. The number of hydrogen-bond donors (Lipinski definition) is 4. The van der Waals surface area contributed by atoms with Crippen LogP contribution < -0.4 is 26.0 Å². The summed E-state index contributed by atoms with van der Waals surface area (Å²) in [6.45, 7) is 11.2. The lowest BCUT2D eigenvalue weighted by molar-refractivity contribution is -0.132. The second-order valence-electron chi connectivity index (χ2n) is 10.3. The smallest absolute Gasteiger partial charge is 0.407 e. The minimum Gasteiger partial charge on any atom is -0.497 e. The first-order valence-corrected chi connectivity index (χ1v) is 15.4. The van der Waals surface area contributed by atoms with Crippen molar-refractivity contribution in [2.24, 2.45) is 5.92 Å². The zero-order valence-corrected chi connectivity index (χ0v) is 25.8. The van der Waals surface area contributed by atoms with Crippen molar-refractivity contribution in [3.8, 4) is 5.75 Å². The Morgan fingerprint density at radius 3 is 2.08 bits per heavy atom. The van der Waals surface area contributed by atoms with Gasteiger partial charge in [0, 0.05) is 25.8 Å². The van der Waals surface area contributed by atoms with Crippen molar-refractivity contribution in [3.63, 3.8) is 0 Å². The van der Waals surface area contributed by atoms with Crippen LogP contribution in [0.2, 0.25) is 0 Å². The Morgan fingerprint density at radius 2 is 1.56 bits per heavy atom. The van der Waals surface area contributed by atoms with E-state index < -0.39 is 34.9 Å². The zero-order valence-electron chi connectivity index (χ0n) is 24.2. The predicted octanol–water partition coefficient (Wildman–Crippen LogP) is 3.29. The maximum atomic E-state index is 13.4. The summed E-state index contributed by atoms with van der Waals surface area (Å²) in [7, 11) is 5.88. The topological polar surface area (TPSA) is 135 Å². The molecule has 0 aliphatic rings. The highest BCUT2D eigenvalue weighted by Crippen LogP contribution is 2.26. The Bertz CT molecular complexity index is 937. The van der Waals surface area contributed by atoms with Crippen molar-refractivity contribution in [3.05, 3.63) is 29.8 Å². The summed E-state index contributed by atoms with van der Waals surface area (Å²) in [6, 6.07) is 5.54. The van der Waals surface area contributed by atoms with Gasteiger partial charge in [0.1, 0.15) is 28.7 Å². The normalized spacial score (nSPS) is 13.6. The fraction of sp³-hybridized carbons (Fsp3) is 0.630. The predicted molar refractivity (Wildman–Crippen MR) is 158 cm³/mol. The molecule has 0 saturated carbocycles. The Balaban J connectivity index is 3.00. The van der Waals surface area contributed by atoms with Crippen LogP contribution in [0.5, 0.6) is 5.75 Å². The van der Waals surface area contributed by atoms with E-state index in [0.29, 0.717) is 12.2 Å². The third-order valence-electron chi connectivity index (χ3n) is 5.24. The van der Waals surface area contributed by atoms with Crippen LogP contribution in [0.25, 0.3) is 0 Å². The fourth-order valence-electron chi connectivity index (χ4n) is 3.43. The van der Waals surface area contributed by atoms with E-state index in [1.165, 1.54) is 28.6 Å². The number of ether oxygens (including phenoxy) is 2. The number of carbonyl (C=O) groups is 4. The van der Waals surface area contributed by atoms with Gasteiger partial charge in [0.2, 0.25) is 17.7 Å². The van der Waals surface area contributed by atoms with Crippen LogP contribution in [-0.4, -0.2) is 73.2 Å². The van der Waals surface area contributed by atoms with Gasteiger partial charge in [0.25, 0.3) is 0 Å². The van der Waals surface area contributed by atoms with Crippen LogP contribution in [0.1, 0.15) is 53.5 Å². The van der Waals surface area contributed by atoms with E-state index in [4.69, 9.17) is 9.47 Å². The minimum absolute atomic E-state index is 0.0345. The van der Waals surface area contributed by atoms with Crippen LogP contribution >= 0.6 is 21.6 Å². The molecule has 0 bridgehead atoms. The Kier molecular flexibility index (Phi) is 15.2. The van der Waals surface area contributed by atoms with E-state index in [9.17, 15) is 19.2 Å². The number of alkyl carbamates (subject to hydrolysis) is 1. The molecule has 220 valence electrons. The van der Waals surface area contributed by atoms with Gasteiger partial charge in [-0.2, -0.15) is 0 Å². The summed E-state index contributed by atoms with van der Waals surface area (Å²) in [5, 5.41) is 10.2. The average Bonchev–Trinajstić information content (AvgIpc) is 2.86. The molecule has 1 rings (SSSR count). The van der Waals surface area contributed by atoms with Gasteiger partial charge >= 0.3 is 6.09 Å². The fourth-order valence-corrected chi connectivity index (χ4v) is 5.41. The van der Waals surface area contributed by atoms with Crippen LogP contribution in [0.4, 0.5) is 4.79 Å². The second kappa shape index (κ2) is 17.2. The van der Waals surface area contributed by atoms with Gasteiger partial charge in [-0.3, -0.25) is 14.4 Å². The summed E-state index contributed by atoms with van der Waals surface area (Å²) < 4.78 is 10.5. The van der Waals surface area contributed by atoms with Crippen LogP contribution in [0.15, 0.2) is 24.3 Å². The van der Waals surface area contributed by atoms with E-state index in [0.717, 1.165) is 11.3 Å². The largest absolute Gasteiger partial charge is 0.497 e. The molecule has 0 fully saturated rings. The molecule has 4 amide bonds. The lowest BCUT2D eigenvalue weighted by Gasteiger charge is -2.26. The third kappa shape index (κ3) is 13.8. The van der Waals surface area contributed by atoms with Gasteiger partial charge in [0.15, 0.2) is 0 Å². The summed E-state index contributed by atoms with van der Waals surface area (Å²) in [5.74, 6) is 0.361. The molecular formula is C27H44N4O6S2. The summed E-state index contributed by atoms with van der Waals surface area (Å²) in [4.78, 5) is 51.4. The molecule has 10 nitrogen and oxygen atoms in total. The van der Waals surface area contributed by atoms with Gasteiger partial charge < -0.3 is 30.7 Å². The van der Waals surface area contributed by atoms with E-state index >= 15 is 0 Å². The van der Waals surface area contributed by atoms with Gasteiger partial charge in [-0.1, -0.05) is 54.5 Å². The van der Waals surface area contributed by atoms with E-state index in [2.05, 4.69) is 21.3 Å². The molecule has 12 heteroatoms. The maximum Gasteiger partial charge on any atom is 0.407 e. The van der Waals surface area contributed by atoms with Gasteiger partial charge in [-0.05, 0) is 50.8 Å². The molecule has 0 saturated heterocycles. The maximum absolute atomic E-state index is 13.4. The van der Waals surface area contributed by atoms with Crippen molar-refractivity contribution >= 4 is 45.4 Å². The molecule has 0 heterocycles. The second-order valence-corrected chi connectivity index (χ2v) is 13.2. The molecule has 1 unspecified atom stereocenters. The number of methoxy groups -OCH3 is 1. The number of benzene rings is 1. The van der Waals surface area contributed by atoms with Crippen molar-refractivity contribution in [1.29, 1.82) is 0 Å². The highest BCUT2D eigenvalue weighted by molar-refractivity contribution is 8.77. The first kappa shape index (κ1) is 34.4. The van der Waals surface area contributed by atoms with Gasteiger partial charge in [0.05, 0.1) is 7.11 Å². The minimum atomic E-state index is -0.864. The Hall–Kier alpha value is -2.60. The molecule has 1 aromatic rings. The first-order valence-electron chi connectivity index (χ1n) is 13.0. The van der Waals surface area contributed by atoms with E-state index in [1.54, 1.807) is 40.0 Å². The number of hydrogen-bond acceptors (Lipinski definition) is 8. The summed E-state index contributed by atoms with van der Waals surface area (Å²) in [5.41, 5.74) is 0.177. The standard InChI is InChI=1S/C27H44N4O6S2/c1-9-38-39-22(16-29-26(35)37-27(4,5)6)25(34)31-20(14-17(2)3)24(33)30-21(23(32)28-7)15-18-10-12-19(36-8)13-11-18/h10-13,17,20-22H,9,14-16H2,1-8H3,(H,28,32)(H,29,35)(H,30,33)(H,31,34)/t20-,21-,22?/m0/s1. The lowest BCUT2D eigenvalue weighted by Crippen LogP contribution is -2.56. The van der Waals surface area contributed by atoms with Gasteiger partial charge in [-0.15, -0.1) is 0 Å². The SMILES string of the molecule is CCSSC(CNC(=O)OC(C)(C)C)C(=O)N[C@@H](CC(C)C)C(=O)N[C@@H](Cc1ccc(OC)cc1)C(=O)NC. The van der Waals surface area contributed by atoms with Crippen LogP contribution in [0.3, 0.4) is 0 Å². The highest BCUT2D eigenvalue weighted by Gasteiger charge is 2.30. The highest BCUT2D eigenvalue weighted by atomic mass is 33.1. The Labute approximate surface area is 240 Å². The molecule has 0 spiro atoms. The average molecular weight is 585 g/mol. The molecule has 0 radical (unpaired) electrons. The third-order valence-corrected chi connectivity index (χ3v) is 8.04. The van der Waals surface area contributed by atoms with Crippen LogP contribution in [0, 0.1) is 5.92 Å². The van der Waals surface area contributed by atoms with Crippen molar-refractivity contribution in [1.82, 2.24) is 21.3 Å². The number of carbonyl (C=O) groups excluding carboxylic acids is 4. The molecule has 3 atom stereocenters. The molecule has 0 aliphatic heterocycles. The van der Waals surface area contributed by atoms with Crippen molar-refractivity contribution in [2.45, 2.75) is 77.3 Å². The monoisotopic (exact) mass is 584 g/mol. The lowest BCUT2D eigenvalue weighted by atomic mass is 10.0. The number of likely N-dealkylation sites (N-methyl/N-ethyl adjacent to an activating group) is 1. The van der Waals surface area contributed by atoms with Crippen molar-refractivity contribution in [2.75, 3.05) is 26.5 Å². The molecular weight excluding hydrogens is 540 g/mol. The molecule has 1 aromatic carbocycles. The molecule has 0 aliphatic carbocycles. The van der Waals surface area contributed by atoms with Gasteiger partial charge in [-0.25, -0.2) is 4.79 Å². The van der Waals surface area contributed by atoms with E-state index in [-0.39, 0.29) is 30.7 Å². The number of amides is 4. The molecule has 39 heavy (non-hydrogen) atoms. The zero-order chi connectivity index (χ0) is 29.6. The van der Waals surface area contributed by atoms with Crippen molar-refractivity contribution < 1.29 is 28.7 Å². The molecule has 0 aromatic heterocycles. The summed E-state index contributed by atoms with van der Waals surface area (Å²) >= 11 is 0.